The lowest BCUT2D eigenvalue weighted by molar-refractivity contribution is 0.0151. The maximum atomic E-state index is 12.1. The number of nitrogens with zero attached hydrogens (tertiary/aromatic N) is 2. The molecule has 0 aliphatic carbocycles. The predicted molar refractivity (Wildman–Crippen MR) is 114 cm³/mol. The van der Waals surface area contributed by atoms with Crippen LogP contribution in [0.15, 0.2) is 12.0 Å². The molecule has 1 rings (SSSR count). The van der Waals surface area contributed by atoms with Gasteiger partial charge in [0.05, 0.1) is 16.4 Å². The summed E-state index contributed by atoms with van der Waals surface area (Å²) in [5.74, 6) is 0.956. The van der Waals surface area contributed by atoms with E-state index in [0.717, 1.165) is 19.3 Å². The third kappa shape index (κ3) is 7.72. The number of ether oxygens (including phenoxy) is 2. The smallest absolute Gasteiger partial charge is 0.410 e. The van der Waals surface area contributed by atoms with Crippen LogP contribution in [0.2, 0.25) is 0 Å². The summed E-state index contributed by atoms with van der Waals surface area (Å²) in [6.45, 7) is 11.9. The van der Waals surface area contributed by atoms with Gasteiger partial charge in [-0.2, -0.15) is 0 Å². The third-order valence-corrected chi connectivity index (χ3v) is 6.12. The Morgan fingerprint density at radius 3 is 2.35 bits per heavy atom. The number of carbonyl (C=O) groups is 1. The van der Waals surface area contributed by atoms with E-state index in [1.165, 1.54) is 6.21 Å². The number of hydrogen-bond acceptors (Lipinski definition) is 5. The molecule has 1 N–H and O–H groups in total. The normalized spacial score (nSPS) is 18.9. The Balaban J connectivity index is 2.47. The lowest BCUT2D eigenvalue weighted by Crippen LogP contribution is -2.42. The minimum Gasteiger partial charge on any atom is -0.490 e. The van der Waals surface area contributed by atoms with E-state index in [4.69, 9.17) is 14.9 Å². The number of rotatable bonds is 7. The molecule has 0 aromatic carbocycles. The highest BCUT2D eigenvalue weighted by Crippen LogP contribution is 2.27. The predicted octanol–water partition coefficient (Wildman–Crippen LogP) is 4.63. The molecule has 0 aromatic rings. The summed E-state index contributed by atoms with van der Waals surface area (Å²) in [4.78, 5) is 16.0. The molecule has 0 radical (unpaired) electrons. The lowest BCUT2D eigenvalue weighted by atomic mass is 9.98. The van der Waals surface area contributed by atoms with Crippen LogP contribution in [0.5, 0.6) is 0 Å². The number of halogens is 1. The number of likely N-dealkylation sites (tertiary alicyclic amines) is 1. The van der Waals surface area contributed by atoms with Crippen molar-refractivity contribution in [3.8, 4) is 0 Å². The van der Waals surface area contributed by atoms with Gasteiger partial charge in [-0.25, -0.2) is 4.79 Å². The SMILES string of the molecule is CCC(C)(I)N(C)/C=C(\C=N)OCC1CCN(C(=O)OC(C)(C)C)CC1. The molecule has 1 aliphatic rings. The summed E-state index contributed by atoms with van der Waals surface area (Å²) in [5.41, 5.74) is -0.460. The second-order valence-electron chi connectivity index (χ2n) is 8.00. The Morgan fingerprint density at radius 1 is 1.31 bits per heavy atom. The van der Waals surface area contributed by atoms with Crippen LogP contribution < -0.4 is 0 Å². The van der Waals surface area contributed by atoms with Crippen molar-refractivity contribution in [2.24, 2.45) is 5.92 Å². The molecule has 7 heteroatoms. The summed E-state index contributed by atoms with van der Waals surface area (Å²) in [7, 11) is 2.00. The number of carbonyl (C=O) groups excluding carboxylic acids is 1. The Kier molecular flexibility index (Phi) is 8.69. The first-order valence-corrected chi connectivity index (χ1v) is 10.3. The van der Waals surface area contributed by atoms with Gasteiger partial charge in [0, 0.05) is 26.3 Å². The van der Waals surface area contributed by atoms with Crippen molar-refractivity contribution >= 4 is 34.9 Å². The second-order valence-corrected chi connectivity index (χ2v) is 10.3. The van der Waals surface area contributed by atoms with Crippen LogP contribution in [0.25, 0.3) is 0 Å². The highest BCUT2D eigenvalue weighted by atomic mass is 127. The Bertz CT molecular complexity index is 507. The van der Waals surface area contributed by atoms with E-state index in [9.17, 15) is 4.79 Å². The molecule has 6 nitrogen and oxygen atoms in total. The van der Waals surface area contributed by atoms with E-state index in [1.807, 2.05) is 34.0 Å². The van der Waals surface area contributed by atoms with Crippen molar-refractivity contribution in [3.05, 3.63) is 12.0 Å². The molecule has 0 aromatic heterocycles. The molecular formula is C19H34IN3O3. The summed E-state index contributed by atoms with van der Waals surface area (Å²) in [6.07, 6.45) is 5.68. The number of allylic oxidation sites excluding steroid dienone is 1. The van der Waals surface area contributed by atoms with E-state index >= 15 is 0 Å². The second kappa shape index (κ2) is 9.80. The topological polar surface area (TPSA) is 65.9 Å². The van der Waals surface area contributed by atoms with Gasteiger partial charge in [0.25, 0.3) is 0 Å². The van der Waals surface area contributed by atoms with E-state index in [1.54, 1.807) is 4.90 Å². The fraction of sp³-hybridized carbons (Fsp3) is 0.789. The molecule has 1 saturated heterocycles. The number of alkyl halides is 1. The third-order valence-electron chi connectivity index (χ3n) is 4.60. The molecule has 26 heavy (non-hydrogen) atoms. The van der Waals surface area contributed by atoms with Gasteiger partial charge >= 0.3 is 6.09 Å². The molecule has 1 heterocycles. The van der Waals surface area contributed by atoms with Gasteiger partial charge in [0.1, 0.15) is 5.60 Å². The van der Waals surface area contributed by atoms with Gasteiger partial charge in [-0.15, -0.1) is 0 Å². The summed E-state index contributed by atoms with van der Waals surface area (Å²) in [5, 5.41) is 7.59. The average Bonchev–Trinajstić information content (AvgIpc) is 2.57. The van der Waals surface area contributed by atoms with Gasteiger partial charge in [0.15, 0.2) is 5.76 Å². The van der Waals surface area contributed by atoms with Gasteiger partial charge in [-0.05, 0) is 52.9 Å². The van der Waals surface area contributed by atoms with Crippen LogP contribution in [0.4, 0.5) is 4.79 Å². The molecule has 1 amide bonds. The summed E-state index contributed by atoms with van der Waals surface area (Å²) < 4.78 is 11.3. The average molecular weight is 479 g/mol. The van der Waals surface area contributed by atoms with Crippen LogP contribution in [0.3, 0.4) is 0 Å². The summed E-state index contributed by atoms with van der Waals surface area (Å²) >= 11 is 2.41. The zero-order chi connectivity index (χ0) is 20.0. The Morgan fingerprint density at radius 2 is 1.88 bits per heavy atom. The quantitative estimate of drug-likeness (QED) is 0.190. The first kappa shape index (κ1) is 23.0. The molecule has 150 valence electrons. The largest absolute Gasteiger partial charge is 0.490 e. The Hall–Kier alpha value is -0.990. The van der Waals surface area contributed by atoms with Crippen molar-refractivity contribution in [3.63, 3.8) is 0 Å². The van der Waals surface area contributed by atoms with Gasteiger partial charge < -0.3 is 24.7 Å². The van der Waals surface area contributed by atoms with E-state index in [-0.39, 0.29) is 9.64 Å². The molecule has 0 bridgehead atoms. The molecule has 0 spiro atoms. The van der Waals surface area contributed by atoms with Crippen LogP contribution in [-0.2, 0) is 9.47 Å². The monoisotopic (exact) mass is 479 g/mol. The zero-order valence-electron chi connectivity index (χ0n) is 17.0. The van der Waals surface area contributed by atoms with Crippen LogP contribution in [0.1, 0.15) is 53.9 Å². The van der Waals surface area contributed by atoms with Crippen LogP contribution in [-0.4, -0.2) is 58.0 Å². The first-order chi connectivity index (χ1) is 12.0. The van der Waals surface area contributed by atoms with Gasteiger partial charge in [0.2, 0.25) is 0 Å². The summed E-state index contributed by atoms with van der Waals surface area (Å²) in [6, 6.07) is 0. The van der Waals surface area contributed by atoms with E-state index in [2.05, 4.69) is 41.3 Å². The van der Waals surface area contributed by atoms with Crippen LogP contribution >= 0.6 is 22.6 Å². The highest BCUT2D eigenvalue weighted by Gasteiger charge is 2.27. The van der Waals surface area contributed by atoms with Crippen molar-refractivity contribution in [1.82, 2.24) is 9.80 Å². The standard InChI is InChI=1S/C19H34IN3O3/c1-7-19(5,20)22(6)13-16(12-21)25-14-15-8-10-23(11-9-15)17(24)26-18(2,3)4/h12-13,15,21H,7-11,14H2,1-6H3/b16-13+,21-12?. The molecular weight excluding hydrogens is 445 g/mol. The number of hydrogen-bond donors (Lipinski definition) is 1. The molecule has 1 aliphatic heterocycles. The Labute approximate surface area is 171 Å². The number of nitrogens with one attached hydrogen (secondary N) is 1. The zero-order valence-corrected chi connectivity index (χ0v) is 19.1. The van der Waals surface area contributed by atoms with Crippen molar-refractivity contribution in [1.29, 1.82) is 5.41 Å². The fourth-order valence-corrected chi connectivity index (χ4v) is 2.65. The van der Waals surface area contributed by atoms with E-state index < -0.39 is 5.60 Å². The van der Waals surface area contributed by atoms with Crippen molar-refractivity contribution in [2.75, 3.05) is 26.7 Å². The number of piperidine rings is 1. The molecule has 1 atom stereocenters. The fourth-order valence-electron chi connectivity index (χ4n) is 2.51. The highest BCUT2D eigenvalue weighted by molar-refractivity contribution is 14.1. The molecule has 0 saturated carbocycles. The maximum absolute atomic E-state index is 12.1. The maximum Gasteiger partial charge on any atom is 0.410 e. The minimum absolute atomic E-state index is 0.00582. The minimum atomic E-state index is -0.460. The first-order valence-electron chi connectivity index (χ1n) is 9.23. The molecule has 1 fully saturated rings. The van der Waals surface area contributed by atoms with Crippen molar-refractivity contribution in [2.45, 2.75) is 63.0 Å². The number of amides is 1. The molecule has 1 unspecified atom stereocenters. The van der Waals surface area contributed by atoms with Gasteiger partial charge in [-0.3, -0.25) is 0 Å². The van der Waals surface area contributed by atoms with Crippen LogP contribution in [0, 0.1) is 11.3 Å². The van der Waals surface area contributed by atoms with Gasteiger partial charge in [-0.1, -0.05) is 29.5 Å². The van der Waals surface area contributed by atoms with Crippen molar-refractivity contribution < 1.29 is 14.3 Å². The lowest BCUT2D eigenvalue weighted by Gasteiger charge is -2.34. The van der Waals surface area contributed by atoms with E-state index in [0.29, 0.717) is 31.4 Å².